The molecule has 1 aliphatic rings. The average molecular weight is 398 g/mol. The van der Waals surface area contributed by atoms with Crippen LogP contribution in [0.1, 0.15) is 24.7 Å². The third-order valence-corrected chi connectivity index (χ3v) is 5.02. The molecule has 0 bridgehead atoms. The predicted molar refractivity (Wildman–Crippen MR) is 105 cm³/mol. The van der Waals surface area contributed by atoms with Crippen molar-refractivity contribution < 1.29 is 14.1 Å². The highest BCUT2D eigenvalue weighted by molar-refractivity contribution is 6.30. The first kappa shape index (κ1) is 18.5. The Labute approximate surface area is 168 Å². The van der Waals surface area contributed by atoms with Crippen LogP contribution in [-0.2, 0) is 4.79 Å². The number of hydrogen-bond donors (Lipinski definition) is 0. The van der Waals surface area contributed by atoms with Gasteiger partial charge in [-0.15, -0.1) is 0 Å². The van der Waals surface area contributed by atoms with Crippen LogP contribution in [0, 0.1) is 0 Å². The van der Waals surface area contributed by atoms with Gasteiger partial charge in [-0.3, -0.25) is 4.79 Å². The van der Waals surface area contributed by atoms with E-state index in [-0.39, 0.29) is 18.4 Å². The molecular formula is C21H20ClN3O3. The fourth-order valence-corrected chi connectivity index (χ4v) is 3.40. The van der Waals surface area contributed by atoms with Crippen molar-refractivity contribution in [1.29, 1.82) is 0 Å². The summed E-state index contributed by atoms with van der Waals surface area (Å²) >= 11 is 5.86. The van der Waals surface area contributed by atoms with Gasteiger partial charge in [0.1, 0.15) is 5.75 Å². The third-order valence-electron chi connectivity index (χ3n) is 4.77. The van der Waals surface area contributed by atoms with E-state index in [0.29, 0.717) is 35.6 Å². The summed E-state index contributed by atoms with van der Waals surface area (Å²) in [6, 6.07) is 16.7. The lowest BCUT2D eigenvalue weighted by atomic mass is 9.98. The van der Waals surface area contributed by atoms with Gasteiger partial charge in [0.15, 0.2) is 6.61 Å². The van der Waals surface area contributed by atoms with E-state index in [2.05, 4.69) is 10.1 Å². The van der Waals surface area contributed by atoms with Gasteiger partial charge >= 0.3 is 0 Å². The normalized spacial score (nSPS) is 16.8. The molecule has 6 nitrogen and oxygen atoms in total. The molecule has 0 spiro atoms. The Hall–Kier alpha value is -2.86. The zero-order valence-corrected chi connectivity index (χ0v) is 16.0. The fraction of sp³-hybridized carbons (Fsp3) is 0.286. The van der Waals surface area contributed by atoms with Gasteiger partial charge in [0.2, 0.25) is 11.7 Å². The van der Waals surface area contributed by atoms with Crippen molar-refractivity contribution in [2.45, 2.75) is 18.8 Å². The van der Waals surface area contributed by atoms with Gasteiger partial charge in [-0.2, -0.15) is 4.98 Å². The van der Waals surface area contributed by atoms with E-state index in [0.717, 1.165) is 18.4 Å². The van der Waals surface area contributed by atoms with E-state index in [1.807, 2.05) is 30.3 Å². The fourth-order valence-electron chi connectivity index (χ4n) is 3.28. The van der Waals surface area contributed by atoms with Gasteiger partial charge in [-0.1, -0.05) is 47.1 Å². The molecule has 1 aromatic heterocycles. The summed E-state index contributed by atoms with van der Waals surface area (Å²) in [5, 5.41) is 4.72. The summed E-state index contributed by atoms with van der Waals surface area (Å²) in [5.74, 6) is 1.76. The summed E-state index contributed by atoms with van der Waals surface area (Å²) in [4.78, 5) is 18.9. The second-order valence-electron chi connectivity index (χ2n) is 6.74. The molecule has 1 fully saturated rings. The minimum atomic E-state index is -0.0533. The number of benzene rings is 2. The molecule has 7 heteroatoms. The van der Waals surface area contributed by atoms with Crippen LogP contribution in [0.4, 0.5) is 0 Å². The number of rotatable bonds is 5. The number of nitrogens with zero attached hydrogens (tertiary/aromatic N) is 3. The molecule has 1 amide bonds. The molecule has 4 rings (SSSR count). The van der Waals surface area contributed by atoms with Gasteiger partial charge in [-0.25, -0.2) is 0 Å². The lowest BCUT2D eigenvalue weighted by molar-refractivity contribution is -0.134. The number of halogens is 1. The molecule has 144 valence electrons. The summed E-state index contributed by atoms with van der Waals surface area (Å²) in [7, 11) is 0. The Balaban J connectivity index is 1.37. The molecule has 0 radical (unpaired) electrons. The smallest absolute Gasteiger partial charge is 0.260 e. The first-order valence-corrected chi connectivity index (χ1v) is 9.62. The van der Waals surface area contributed by atoms with Crippen LogP contribution in [-0.4, -0.2) is 40.6 Å². The van der Waals surface area contributed by atoms with E-state index in [4.69, 9.17) is 20.9 Å². The Morgan fingerprint density at radius 1 is 1.18 bits per heavy atom. The Bertz CT molecular complexity index is 928. The number of carbonyl (C=O) groups excluding carboxylic acids is 1. The standard InChI is InChI=1S/C21H20ClN3O3/c22-17-8-10-18(11-9-17)27-14-19(26)25-12-4-7-16(13-25)21-23-20(24-28-21)15-5-2-1-3-6-15/h1-3,5-6,8-11,16H,4,7,12-14H2. The topological polar surface area (TPSA) is 68.5 Å². The van der Waals surface area contributed by atoms with Gasteiger partial charge < -0.3 is 14.2 Å². The number of amides is 1. The SMILES string of the molecule is O=C(COc1ccc(Cl)cc1)N1CCCC(c2nc(-c3ccccc3)no2)C1. The van der Waals surface area contributed by atoms with Gasteiger partial charge in [0.05, 0.1) is 5.92 Å². The van der Waals surface area contributed by atoms with Crippen LogP contribution in [0.5, 0.6) is 5.75 Å². The number of piperidine rings is 1. The molecule has 1 atom stereocenters. The van der Waals surface area contributed by atoms with Crippen LogP contribution >= 0.6 is 11.6 Å². The van der Waals surface area contributed by atoms with Crippen LogP contribution < -0.4 is 4.74 Å². The van der Waals surface area contributed by atoms with E-state index >= 15 is 0 Å². The first-order chi connectivity index (χ1) is 13.7. The molecule has 3 aromatic rings. The van der Waals surface area contributed by atoms with Gasteiger partial charge in [-0.05, 0) is 37.1 Å². The van der Waals surface area contributed by atoms with Crippen molar-refractivity contribution in [3.05, 3.63) is 65.5 Å². The zero-order valence-electron chi connectivity index (χ0n) is 15.3. The van der Waals surface area contributed by atoms with Crippen molar-refractivity contribution in [3.8, 4) is 17.1 Å². The van der Waals surface area contributed by atoms with Gasteiger partial charge in [0.25, 0.3) is 5.91 Å². The van der Waals surface area contributed by atoms with Crippen molar-refractivity contribution >= 4 is 17.5 Å². The highest BCUT2D eigenvalue weighted by Crippen LogP contribution is 2.27. The second kappa shape index (κ2) is 8.44. The lowest BCUT2D eigenvalue weighted by Crippen LogP contribution is -2.41. The molecule has 28 heavy (non-hydrogen) atoms. The molecule has 0 saturated carbocycles. The molecule has 1 unspecified atom stereocenters. The third kappa shape index (κ3) is 4.34. The van der Waals surface area contributed by atoms with Gasteiger partial charge in [0, 0.05) is 23.7 Å². The Kier molecular flexibility index (Phi) is 5.58. The molecule has 2 aromatic carbocycles. The summed E-state index contributed by atoms with van der Waals surface area (Å²) < 4.78 is 11.1. The first-order valence-electron chi connectivity index (χ1n) is 9.24. The number of carbonyl (C=O) groups is 1. The molecule has 0 N–H and O–H groups in total. The second-order valence-corrected chi connectivity index (χ2v) is 7.18. The van der Waals surface area contributed by atoms with Crippen LogP contribution in [0.25, 0.3) is 11.4 Å². The maximum Gasteiger partial charge on any atom is 0.260 e. The predicted octanol–water partition coefficient (Wildman–Crippen LogP) is 4.18. The van der Waals surface area contributed by atoms with Crippen LogP contribution in [0.3, 0.4) is 0 Å². The molecule has 2 heterocycles. The summed E-state index contributed by atoms with van der Waals surface area (Å²) in [6.45, 7) is 1.26. The number of likely N-dealkylation sites (tertiary alicyclic amines) is 1. The average Bonchev–Trinajstić information content (AvgIpc) is 3.24. The molecule has 0 aliphatic carbocycles. The van der Waals surface area contributed by atoms with E-state index < -0.39 is 0 Å². The molecule has 1 saturated heterocycles. The van der Waals surface area contributed by atoms with Crippen molar-refractivity contribution in [1.82, 2.24) is 15.0 Å². The molecule has 1 aliphatic heterocycles. The Morgan fingerprint density at radius 3 is 2.75 bits per heavy atom. The largest absolute Gasteiger partial charge is 0.484 e. The lowest BCUT2D eigenvalue weighted by Gasteiger charge is -2.30. The van der Waals surface area contributed by atoms with Crippen molar-refractivity contribution in [2.24, 2.45) is 0 Å². The highest BCUT2D eigenvalue weighted by Gasteiger charge is 2.28. The van der Waals surface area contributed by atoms with Crippen molar-refractivity contribution in [2.75, 3.05) is 19.7 Å². The molecular weight excluding hydrogens is 378 g/mol. The highest BCUT2D eigenvalue weighted by atomic mass is 35.5. The monoisotopic (exact) mass is 397 g/mol. The van der Waals surface area contributed by atoms with E-state index in [1.54, 1.807) is 29.2 Å². The van der Waals surface area contributed by atoms with Crippen LogP contribution in [0.2, 0.25) is 5.02 Å². The van der Waals surface area contributed by atoms with Crippen LogP contribution in [0.15, 0.2) is 59.1 Å². The van der Waals surface area contributed by atoms with Crippen molar-refractivity contribution in [3.63, 3.8) is 0 Å². The number of hydrogen-bond acceptors (Lipinski definition) is 5. The summed E-state index contributed by atoms with van der Waals surface area (Å²) in [5.41, 5.74) is 0.914. The van der Waals surface area contributed by atoms with E-state index in [1.165, 1.54) is 0 Å². The number of aromatic nitrogens is 2. The maximum atomic E-state index is 12.6. The zero-order chi connectivity index (χ0) is 19.3. The minimum Gasteiger partial charge on any atom is -0.484 e. The number of ether oxygens (including phenoxy) is 1. The maximum absolute atomic E-state index is 12.6. The summed E-state index contributed by atoms with van der Waals surface area (Å²) in [6.07, 6.45) is 1.80. The van der Waals surface area contributed by atoms with E-state index in [9.17, 15) is 4.79 Å². The minimum absolute atomic E-state index is 0.00650. The Morgan fingerprint density at radius 2 is 1.96 bits per heavy atom. The quantitative estimate of drug-likeness (QED) is 0.646.